The summed E-state index contributed by atoms with van der Waals surface area (Å²) >= 11 is 3.18. The fourth-order valence-electron chi connectivity index (χ4n) is 2.44. The summed E-state index contributed by atoms with van der Waals surface area (Å²) in [5.41, 5.74) is 0.185. The lowest BCUT2D eigenvalue weighted by Crippen LogP contribution is -2.07. The lowest BCUT2D eigenvalue weighted by atomic mass is 10.1. The van der Waals surface area contributed by atoms with Gasteiger partial charge in [0.25, 0.3) is 5.70 Å². The second kappa shape index (κ2) is 13.8. The number of carbonyl (C=O) groups excluding carboxylic acids is 1. The predicted octanol–water partition coefficient (Wildman–Crippen LogP) is 6.02. The number of nitrogens with zero attached hydrogens (tertiary/aromatic N) is 1. The van der Waals surface area contributed by atoms with Crippen molar-refractivity contribution in [1.82, 2.24) is 0 Å². The van der Waals surface area contributed by atoms with Gasteiger partial charge in [-0.05, 0) is 6.42 Å². The van der Waals surface area contributed by atoms with Gasteiger partial charge >= 0.3 is 5.97 Å². The van der Waals surface area contributed by atoms with Gasteiger partial charge in [-0.1, -0.05) is 64.7 Å². The molecule has 0 aromatic heterocycles. The van der Waals surface area contributed by atoms with Crippen molar-refractivity contribution in [2.75, 3.05) is 18.1 Å². The van der Waals surface area contributed by atoms with Gasteiger partial charge in [0.1, 0.15) is 0 Å². The summed E-state index contributed by atoms with van der Waals surface area (Å²) in [6.45, 7) is 9.84. The number of unbranched alkanes of at least 4 members (excludes halogenated alkanes) is 9. The summed E-state index contributed by atoms with van der Waals surface area (Å²) < 4.78 is 6.08. The van der Waals surface area contributed by atoms with E-state index in [4.69, 9.17) is 11.3 Å². The number of thioether (sulfide) groups is 2. The molecule has 0 atom stereocenters. The molecule has 0 N–H and O–H groups in total. The summed E-state index contributed by atoms with van der Waals surface area (Å²) in [6, 6.07) is 0. The van der Waals surface area contributed by atoms with Gasteiger partial charge in [-0.25, -0.2) is 4.85 Å². The molecule has 130 valence electrons. The zero-order chi connectivity index (χ0) is 16.8. The number of ether oxygens (including phenoxy) is 1. The average Bonchev–Trinajstić information content (AvgIpc) is 3.07. The van der Waals surface area contributed by atoms with Gasteiger partial charge < -0.3 is 4.74 Å². The summed E-state index contributed by atoms with van der Waals surface area (Å²) in [7, 11) is 0. The minimum Gasteiger partial charge on any atom is -0.471 e. The topological polar surface area (TPSA) is 30.7 Å². The van der Waals surface area contributed by atoms with Crippen molar-refractivity contribution >= 4 is 29.5 Å². The van der Waals surface area contributed by atoms with E-state index in [2.05, 4.69) is 11.8 Å². The van der Waals surface area contributed by atoms with Crippen LogP contribution in [-0.4, -0.2) is 24.1 Å². The van der Waals surface area contributed by atoms with E-state index in [0.717, 1.165) is 28.6 Å². The Bertz CT molecular complexity index is 408. The van der Waals surface area contributed by atoms with Gasteiger partial charge in [-0.15, -0.1) is 23.5 Å². The molecular weight excluding hydrogens is 326 g/mol. The van der Waals surface area contributed by atoms with Gasteiger partial charge in [-0.3, -0.25) is 4.79 Å². The van der Waals surface area contributed by atoms with Crippen LogP contribution in [0.1, 0.15) is 71.1 Å². The minimum atomic E-state index is -0.437. The smallest absolute Gasteiger partial charge is 0.338 e. The number of hydrogen-bond acceptors (Lipinski definition) is 4. The van der Waals surface area contributed by atoms with Crippen LogP contribution < -0.4 is 0 Å². The highest BCUT2D eigenvalue weighted by Gasteiger charge is 2.21. The van der Waals surface area contributed by atoms with Crippen molar-refractivity contribution in [2.45, 2.75) is 71.1 Å². The molecule has 1 fully saturated rings. The third-order valence-corrected chi connectivity index (χ3v) is 6.47. The largest absolute Gasteiger partial charge is 0.471 e. The first-order valence-corrected chi connectivity index (χ1v) is 10.8. The van der Waals surface area contributed by atoms with E-state index in [1.54, 1.807) is 23.5 Å². The van der Waals surface area contributed by atoms with Crippen LogP contribution in [-0.2, 0) is 9.53 Å². The summed E-state index contributed by atoms with van der Waals surface area (Å²) in [6.07, 6.45) is 12.6. The number of esters is 1. The molecule has 1 saturated heterocycles. The minimum absolute atomic E-state index is 0.185. The van der Waals surface area contributed by atoms with Crippen molar-refractivity contribution in [3.05, 3.63) is 21.4 Å². The molecule has 0 amide bonds. The molecule has 5 heteroatoms. The molecule has 0 spiro atoms. The first-order chi connectivity index (χ1) is 11.3. The van der Waals surface area contributed by atoms with Gasteiger partial charge in [0.05, 0.1) is 17.4 Å². The Morgan fingerprint density at radius 2 is 1.52 bits per heavy atom. The second-order valence-corrected chi connectivity index (χ2v) is 8.23. The van der Waals surface area contributed by atoms with Gasteiger partial charge in [0, 0.05) is 11.5 Å². The molecule has 3 nitrogen and oxygen atoms in total. The normalized spacial score (nSPS) is 13.8. The second-order valence-electron chi connectivity index (χ2n) is 5.76. The van der Waals surface area contributed by atoms with Crippen LogP contribution in [0, 0.1) is 6.57 Å². The molecule has 23 heavy (non-hydrogen) atoms. The summed E-state index contributed by atoms with van der Waals surface area (Å²) in [4.78, 5) is 15.3. The van der Waals surface area contributed by atoms with Crippen molar-refractivity contribution < 1.29 is 9.53 Å². The number of hydrogen-bond donors (Lipinski definition) is 0. The van der Waals surface area contributed by atoms with E-state index in [1.807, 2.05) is 0 Å². The van der Waals surface area contributed by atoms with Gasteiger partial charge in [0.2, 0.25) is 0 Å². The number of rotatable bonds is 12. The van der Waals surface area contributed by atoms with E-state index < -0.39 is 5.97 Å². The molecule has 0 aromatic carbocycles. The molecule has 1 aliphatic heterocycles. The van der Waals surface area contributed by atoms with Crippen LogP contribution in [0.5, 0.6) is 0 Å². The Morgan fingerprint density at radius 3 is 2.04 bits per heavy atom. The highest BCUT2D eigenvalue weighted by molar-refractivity contribution is 8.25. The fourth-order valence-corrected chi connectivity index (χ4v) is 4.85. The van der Waals surface area contributed by atoms with Crippen LogP contribution in [0.4, 0.5) is 0 Å². The van der Waals surface area contributed by atoms with E-state index in [0.29, 0.717) is 6.61 Å². The third kappa shape index (κ3) is 9.32. The Labute approximate surface area is 149 Å². The molecule has 0 unspecified atom stereocenters. The van der Waals surface area contributed by atoms with E-state index >= 15 is 0 Å². The highest BCUT2D eigenvalue weighted by Crippen LogP contribution is 2.39. The quantitative estimate of drug-likeness (QED) is 0.185. The molecular formula is C18H29NO2S2. The van der Waals surface area contributed by atoms with Crippen LogP contribution in [0.2, 0.25) is 0 Å². The van der Waals surface area contributed by atoms with Gasteiger partial charge in [-0.2, -0.15) is 0 Å². The van der Waals surface area contributed by atoms with Crippen molar-refractivity contribution in [2.24, 2.45) is 0 Å². The lowest BCUT2D eigenvalue weighted by Gasteiger charge is -2.05. The molecule has 1 heterocycles. The third-order valence-electron chi connectivity index (χ3n) is 3.78. The standard InChI is InChI=1S/C18H29NO2S2/c1-3-4-5-6-7-8-9-10-11-12-13-21-17(20)16(19-2)18-22-14-15-23-18/h3-15H2,1H3. The molecule has 0 aliphatic carbocycles. The fraction of sp³-hybridized carbons (Fsp3) is 0.778. The zero-order valence-electron chi connectivity index (χ0n) is 14.3. The molecule has 0 saturated carbocycles. The maximum absolute atomic E-state index is 11.9. The van der Waals surface area contributed by atoms with Crippen LogP contribution in [0.15, 0.2) is 9.93 Å². The Balaban J connectivity index is 1.99. The summed E-state index contributed by atoms with van der Waals surface area (Å²) in [5, 5.41) is 0. The molecule has 1 aliphatic rings. The van der Waals surface area contributed by atoms with Crippen molar-refractivity contribution in [3.63, 3.8) is 0 Å². The first-order valence-electron chi connectivity index (χ1n) is 8.84. The van der Waals surface area contributed by atoms with Crippen LogP contribution in [0.3, 0.4) is 0 Å². The Hall–Kier alpha value is -0.600. The maximum Gasteiger partial charge on any atom is 0.338 e. The first kappa shape index (κ1) is 20.4. The molecule has 0 radical (unpaired) electrons. The summed E-state index contributed by atoms with van der Waals surface area (Å²) in [5.74, 6) is 1.52. The van der Waals surface area contributed by atoms with Crippen molar-refractivity contribution in [3.8, 4) is 0 Å². The molecule has 1 rings (SSSR count). The van der Waals surface area contributed by atoms with Crippen LogP contribution in [0.25, 0.3) is 4.85 Å². The number of carbonyl (C=O) groups is 1. The van der Waals surface area contributed by atoms with Gasteiger partial charge in [0.15, 0.2) is 0 Å². The maximum atomic E-state index is 11.9. The molecule has 0 bridgehead atoms. The highest BCUT2D eigenvalue weighted by atomic mass is 32.2. The zero-order valence-corrected chi connectivity index (χ0v) is 15.9. The Kier molecular flexibility index (Phi) is 12.3. The van der Waals surface area contributed by atoms with E-state index in [9.17, 15) is 4.79 Å². The molecule has 0 aromatic rings. The predicted molar refractivity (Wildman–Crippen MR) is 101 cm³/mol. The van der Waals surface area contributed by atoms with E-state index in [1.165, 1.54) is 51.4 Å². The average molecular weight is 356 g/mol. The van der Waals surface area contributed by atoms with Crippen LogP contribution >= 0.6 is 23.5 Å². The monoisotopic (exact) mass is 355 g/mol. The van der Waals surface area contributed by atoms with E-state index in [-0.39, 0.29) is 5.70 Å². The Morgan fingerprint density at radius 1 is 1.00 bits per heavy atom. The van der Waals surface area contributed by atoms with Crippen molar-refractivity contribution in [1.29, 1.82) is 0 Å². The lowest BCUT2D eigenvalue weighted by molar-refractivity contribution is -0.138. The SMILES string of the molecule is [C-]#[N+]C(C(=O)OCCCCCCCCCCCC)=C1SCCS1.